The number of rotatable bonds is 4. The molecule has 1 aromatic carbocycles. The lowest BCUT2D eigenvalue weighted by Crippen LogP contribution is -2.17. The molecule has 0 saturated carbocycles. The number of hydrogen-bond acceptors (Lipinski definition) is 6. The van der Waals surface area contributed by atoms with E-state index in [-0.39, 0.29) is 18.6 Å². The first-order chi connectivity index (χ1) is 15.0. The number of carbonyl (C=O) groups is 1. The van der Waals surface area contributed by atoms with Crippen LogP contribution in [0.3, 0.4) is 0 Å². The molecule has 0 spiro atoms. The molecule has 0 amide bonds. The molecule has 0 unspecified atom stereocenters. The Hall–Kier alpha value is -3.89. The Morgan fingerprint density at radius 1 is 1.13 bits per heavy atom. The van der Waals surface area contributed by atoms with Gasteiger partial charge in [-0.1, -0.05) is 12.0 Å². The zero-order valence-corrected chi connectivity index (χ0v) is 17.4. The molecule has 0 aliphatic rings. The Bertz CT molecular complexity index is 1300. The highest BCUT2D eigenvalue weighted by Gasteiger charge is 2.19. The third kappa shape index (κ3) is 4.49. The molecule has 4 rings (SSSR count). The molecule has 0 aliphatic heterocycles. The van der Waals surface area contributed by atoms with Gasteiger partial charge in [-0.25, -0.2) is 14.8 Å². The summed E-state index contributed by atoms with van der Waals surface area (Å²) >= 11 is 0. The molecule has 0 radical (unpaired) electrons. The summed E-state index contributed by atoms with van der Waals surface area (Å²) in [5.41, 5.74) is 3.91. The minimum Gasteiger partial charge on any atom is -0.431 e. The highest BCUT2D eigenvalue weighted by atomic mass is 16.7. The number of pyridine rings is 2. The average molecular weight is 415 g/mol. The van der Waals surface area contributed by atoms with Crippen molar-refractivity contribution in [1.29, 1.82) is 0 Å². The quantitative estimate of drug-likeness (QED) is 0.388. The van der Waals surface area contributed by atoms with Crippen molar-refractivity contribution >= 4 is 28.0 Å². The number of aromatic nitrogens is 3. The van der Waals surface area contributed by atoms with Gasteiger partial charge in [-0.3, -0.25) is 0 Å². The van der Waals surface area contributed by atoms with Gasteiger partial charge in [0.25, 0.3) is 0 Å². The van der Waals surface area contributed by atoms with Crippen LogP contribution in [0.1, 0.15) is 30.7 Å². The molecular formula is C24H21N3O4. The van der Waals surface area contributed by atoms with Crippen LogP contribution in [0.2, 0.25) is 0 Å². The predicted molar refractivity (Wildman–Crippen MR) is 117 cm³/mol. The van der Waals surface area contributed by atoms with Crippen molar-refractivity contribution in [3.63, 3.8) is 0 Å². The highest BCUT2D eigenvalue weighted by Crippen LogP contribution is 2.33. The zero-order valence-electron chi connectivity index (χ0n) is 17.4. The Balaban J connectivity index is 1.80. The van der Waals surface area contributed by atoms with Crippen LogP contribution in [0.5, 0.6) is 5.88 Å². The van der Waals surface area contributed by atoms with E-state index >= 15 is 0 Å². The molecule has 3 heterocycles. The number of benzene rings is 1. The van der Waals surface area contributed by atoms with Crippen molar-refractivity contribution < 1.29 is 19.0 Å². The van der Waals surface area contributed by atoms with Gasteiger partial charge in [0, 0.05) is 35.2 Å². The molecule has 0 fully saturated rings. The number of ether oxygens (including phenoxy) is 3. The van der Waals surface area contributed by atoms with Gasteiger partial charge in [-0.05, 0) is 50.1 Å². The van der Waals surface area contributed by atoms with E-state index in [1.165, 1.54) is 0 Å². The van der Waals surface area contributed by atoms with E-state index < -0.39 is 6.16 Å². The van der Waals surface area contributed by atoms with Crippen LogP contribution in [-0.4, -0.2) is 34.3 Å². The van der Waals surface area contributed by atoms with Crippen LogP contribution in [0.25, 0.3) is 21.8 Å². The van der Waals surface area contributed by atoms with Crippen LogP contribution >= 0.6 is 0 Å². The van der Waals surface area contributed by atoms with E-state index in [1.807, 2.05) is 36.4 Å². The minimum absolute atomic E-state index is 0.158. The van der Waals surface area contributed by atoms with Gasteiger partial charge in [-0.15, -0.1) is 0 Å². The van der Waals surface area contributed by atoms with Gasteiger partial charge < -0.3 is 19.2 Å². The van der Waals surface area contributed by atoms with Crippen LogP contribution in [0, 0.1) is 11.8 Å². The number of H-pyrrole nitrogens is 1. The van der Waals surface area contributed by atoms with E-state index in [1.54, 1.807) is 33.4 Å². The van der Waals surface area contributed by atoms with Crippen molar-refractivity contribution in [2.45, 2.75) is 26.6 Å². The van der Waals surface area contributed by atoms with Gasteiger partial charge >= 0.3 is 6.16 Å². The Morgan fingerprint density at radius 3 is 2.74 bits per heavy atom. The van der Waals surface area contributed by atoms with E-state index in [0.29, 0.717) is 11.3 Å². The summed E-state index contributed by atoms with van der Waals surface area (Å²) < 4.78 is 15.8. The summed E-state index contributed by atoms with van der Waals surface area (Å²) in [7, 11) is 1.58. The first kappa shape index (κ1) is 20.4. The standard InChI is InChI=1S/C24H21N3O4/c1-15(2)30-24(28)31-23-19(14-29-3)22-18-12-16(7-9-17-6-4-5-11-25-17)8-10-20(18)27-21(22)13-26-23/h4-6,8,10-13,15,27H,14H2,1-3H3. The Kier molecular flexibility index (Phi) is 5.83. The van der Waals surface area contributed by atoms with Crippen molar-refractivity contribution in [3.05, 3.63) is 65.6 Å². The molecule has 4 aromatic rings. The van der Waals surface area contributed by atoms with Crippen LogP contribution in [0.4, 0.5) is 4.79 Å². The first-order valence-corrected chi connectivity index (χ1v) is 9.79. The number of aromatic amines is 1. The normalized spacial score (nSPS) is 10.8. The number of methoxy groups -OCH3 is 1. The summed E-state index contributed by atoms with van der Waals surface area (Å²) in [6.45, 7) is 3.72. The summed E-state index contributed by atoms with van der Waals surface area (Å²) in [5, 5.41) is 1.79. The molecule has 1 N–H and O–H groups in total. The summed E-state index contributed by atoms with van der Waals surface area (Å²) in [4.78, 5) is 23.9. The third-order valence-electron chi connectivity index (χ3n) is 4.50. The summed E-state index contributed by atoms with van der Waals surface area (Å²) in [6, 6.07) is 11.5. The molecule has 0 aliphatic carbocycles. The zero-order chi connectivity index (χ0) is 21.8. The van der Waals surface area contributed by atoms with Gasteiger partial charge in [0.1, 0.15) is 5.69 Å². The number of hydrogen-bond donors (Lipinski definition) is 1. The van der Waals surface area contributed by atoms with Crippen molar-refractivity contribution in [2.24, 2.45) is 0 Å². The van der Waals surface area contributed by atoms with Crippen LogP contribution in [0.15, 0.2) is 48.8 Å². The van der Waals surface area contributed by atoms with Gasteiger partial charge in [-0.2, -0.15) is 0 Å². The second kappa shape index (κ2) is 8.86. The number of fused-ring (bicyclic) bond motifs is 3. The first-order valence-electron chi connectivity index (χ1n) is 9.79. The fraction of sp³-hybridized carbons (Fsp3) is 0.208. The molecule has 3 aromatic heterocycles. The maximum absolute atomic E-state index is 12.0. The number of nitrogens with zero attached hydrogens (tertiary/aromatic N) is 2. The van der Waals surface area contributed by atoms with Gasteiger partial charge in [0.05, 0.1) is 30.0 Å². The summed E-state index contributed by atoms with van der Waals surface area (Å²) in [5.74, 6) is 6.37. The number of carbonyl (C=O) groups excluding carboxylic acids is 1. The van der Waals surface area contributed by atoms with E-state index in [4.69, 9.17) is 14.2 Å². The topological polar surface area (TPSA) is 86.3 Å². The smallest absolute Gasteiger partial charge is 0.431 e. The molecular weight excluding hydrogens is 394 g/mol. The lowest BCUT2D eigenvalue weighted by atomic mass is 10.1. The SMILES string of the molecule is COCc1c(OC(=O)OC(C)C)ncc2[nH]c3ccc(C#Cc4ccccn4)cc3c12. The van der Waals surface area contributed by atoms with Crippen LogP contribution in [-0.2, 0) is 16.1 Å². The van der Waals surface area contributed by atoms with Crippen molar-refractivity contribution in [1.82, 2.24) is 15.0 Å². The monoisotopic (exact) mass is 415 g/mol. The summed E-state index contributed by atoms with van der Waals surface area (Å²) in [6.07, 6.45) is 2.24. The molecule has 31 heavy (non-hydrogen) atoms. The molecule has 7 nitrogen and oxygen atoms in total. The lowest BCUT2D eigenvalue weighted by molar-refractivity contribution is 0.0705. The molecule has 7 heteroatoms. The highest BCUT2D eigenvalue weighted by molar-refractivity contribution is 6.09. The fourth-order valence-electron chi connectivity index (χ4n) is 3.26. The predicted octanol–water partition coefficient (Wildman–Crippen LogP) is 4.58. The average Bonchev–Trinajstić information content (AvgIpc) is 3.12. The molecule has 0 bridgehead atoms. The fourth-order valence-corrected chi connectivity index (χ4v) is 3.26. The molecule has 0 atom stereocenters. The van der Waals surface area contributed by atoms with E-state index in [0.717, 1.165) is 27.4 Å². The van der Waals surface area contributed by atoms with Crippen molar-refractivity contribution in [2.75, 3.05) is 7.11 Å². The van der Waals surface area contributed by atoms with Crippen LogP contribution < -0.4 is 4.74 Å². The Labute approximate surface area is 179 Å². The van der Waals surface area contributed by atoms with E-state index in [2.05, 4.69) is 26.8 Å². The van der Waals surface area contributed by atoms with Crippen molar-refractivity contribution in [3.8, 4) is 17.7 Å². The maximum atomic E-state index is 12.0. The maximum Gasteiger partial charge on any atom is 0.515 e. The van der Waals surface area contributed by atoms with Gasteiger partial charge in [0.15, 0.2) is 0 Å². The lowest BCUT2D eigenvalue weighted by Gasteiger charge is -2.11. The largest absolute Gasteiger partial charge is 0.515 e. The molecule has 0 saturated heterocycles. The minimum atomic E-state index is -0.805. The second-order valence-electron chi connectivity index (χ2n) is 7.13. The Morgan fingerprint density at radius 2 is 2.00 bits per heavy atom. The molecule has 156 valence electrons. The number of nitrogens with one attached hydrogen (secondary N) is 1. The van der Waals surface area contributed by atoms with Gasteiger partial charge in [0.2, 0.25) is 5.88 Å². The van der Waals surface area contributed by atoms with E-state index in [9.17, 15) is 4.79 Å². The second-order valence-corrected chi connectivity index (χ2v) is 7.13. The third-order valence-corrected chi connectivity index (χ3v) is 4.50.